The molecule has 3 rings (SSSR count). The Bertz CT molecular complexity index is 1360. The van der Waals surface area contributed by atoms with Crippen molar-refractivity contribution in [3.8, 4) is 11.5 Å². The van der Waals surface area contributed by atoms with Crippen molar-refractivity contribution in [2.75, 3.05) is 24.4 Å². The molecule has 0 aliphatic carbocycles. The van der Waals surface area contributed by atoms with Crippen LogP contribution in [0, 0.1) is 15.9 Å². The lowest BCUT2D eigenvalue weighted by Crippen LogP contribution is -2.14. The van der Waals surface area contributed by atoms with Gasteiger partial charge in [-0.15, -0.1) is 0 Å². The highest BCUT2D eigenvalue weighted by Gasteiger charge is 2.22. The van der Waals surface area contributed by atoms with E-state index in [-0.39, 0.29) is 33.3 Å². The summed E-state index contributed by atoms with van der Waals surface area (Å²) < 4.78 is 52.3. The van der Waals surface area contributed by atoms with E-state index in [2.05, 4.69) is 15.2 Å². The molecular weight excluding hydrogens is 467 g/mol. The van der Waals surface area contributed by atoms with Gasteiger partial charge in [-0.1, -0.05) is 12.1 Å². The standard InChI is InChI=1S/C22H21FN4O6S/c1-14(17-10-8-15(32-2)12-18(17)23)24-25-19-11-9-16(13-21(19)27(28)29)34(30,31)26-20-6-4-5-7-22(20)33-3/h4-13,25-26H,1-3H3. The normalized spacial score (nSPS) is 11.6. The van der Waals surface area contributed by atoms with E-state index in [1.165, 1.54) is 51.5 Å². The van der Waals surface area contributed by atoms with E-state index in [1.807, 2.05) is 0 Å². The van der Waals surface area contributed by atoms with Crippen LogP contribution in [0.5, 0.6) is 11.5 Å². The summed E-state index contributed by atoms with van der Waals surface area (Å²) in [5, 5.41) is 15.6. The minimum absolute atomic E-state index is 0.0745. The molecule has 0 saturated carbocycles. The zero-order valence-corrected chi connectivity index (χ0v) is 19.2. The largest absolute Gasteiger partial charge is 0.497 e. The zero-order chi connectivity index (χ0) is 24.9. The third-order valence-electron chi connectivity index (χ3n) is 4.74. The number of anilines is 2. The number of hydrazone groups is 1. The maximum atomic E-state index is 14.3. The molecule has 178 valence electrons. The number of benzene rings is 3. The summed E-state index contributed by atoms with van der Waals surface area (Å²) in [5.74, 6) is 0.0337. The number of nitrogens with one attached hydrogen (secondary N) is 2. The van der Waals surface area contributed by atoms with Crippen LogP contribution in [0.1, 0.15) is 12.5 Å². The molecule has 0 amide bonds. The van der Waals surface area contributed by atoms with Crippen molar-refractivity contribution < 1.29 is 27.2 Å². The van der Waals surface area contributed by atoms with Gasteiger partial charge in [0.2, 0.25) is 0 Å². The first kappa shape index (κ1) is 24.5. The minimum atomic E-state index is -4.16. The molecule has 2 N–H and O–H groups in total. The Balaban J connectivity index is 1.90. The topological polar surface area (TPSA) is 132 Å². The molecule has 0 fully saturated rings. The summed E-state index contributed by atoms with van der Waals surface area (Å²) in [6.07, 6.45) is 0. The van der Waals surface area contributed by atoms with E-state index in [0.29, 0.717) is 5.75 Å². The number of nitro benzene ring substituents is 1. The van der Waals surface area contributed by atoms with Crippen molar-refractivity contribution in [3.05, 3.63) is 82.2 Å². The van der Waals surface area contributed by atoms with Gasteiger partial charge in [0, 0.05) is 17.7 Å². The van der Waals surface area contributed by atoms with Crippen LogP contribution in [0.2, 0.25) is 0 Å². The third-order valence-corrected chi connectivity index (χ3v) is 6.10. The Kier molecular flexibility index (Phi) is 7.31. The first-order valence-electron chi connectivity index (χ1n) is 9.74. The highest BCUT2D eigenvalue weighted by atomic mass is 32.2. The van der Waals surface area contributed by atoms with Gasteiger partial charge in [0.25, 0.3) is 15.7 Å². The lowest BCUT2D eigenvalue weighted by Gasteiger charge is -2.12. The van der Waals surface area contributed by atoms with Crippen LogP contribution in [0.25, 0.3) is 0 Å². The van der Waals surface area contributed by atoms with Crippen molar-refractivity contribution in [2.45, 2.75) is 11.8 Å². The van der Waals surface area contributed by atoms with Gasteiger partial charge in [-0.05, 0) is 43.3 Å². The van der Waals surface area contributed by atoms with E-state index >= 15 is 0 Å². The van der Waals surface area contributed by atoms with Crippen molar-refractivity contribution >= 4 is 32.8 Å². The molecule has 0 heterocycles. The SMILES string of the molecule is COc1ccc(C(C)=NNc2ccc(S(=O)(=O)Nc3ccccc3OC)cc2[N+](=O)[O-])c(F)c1. The molecule has 0 atom stereocenters. The number of methoxy groups -OCH3 is 2. The van der Waals surface area contributed by atoms with Crippen LogP contribution in [-0.4, -0.2) is 33.3 Å². The summed E-state index contributed by atoms with van der Waals surface area (Å²) in [5.41, 5.74) is 2.45. The number of hydrogen-bond acceptors (Lipinski definition) is 8. The number of nitro groups is 1. The lowest BCUT2D eigenvalue weighted by atomic mass is 10.1. The highest BCUT2D eigenvalue weighted by Crippen LogP contribution is 2.31. The summed E-state index contributed by atoms with van der Waals surface area (Å²) in [4.78, 5) is 10.5. The van der Waals surface area contributed by atoms with Crippen molar-refractivity contribution in [2.24, 2.45) is 5.10 Å². The maximum Gasteiger partial charge on any atom is 0.295 e. The van der Waals surface area contributed by atoms with Crippen LogP contribution in [0.3, 0.4) is 0 Å². The molecule has 3 aromatic carbocycles. The van der Waals surface area contributed by atoms with Gasteiger partial charge in [0.15, 0.2) is 0 Å². The fraction of sp³-hybridized carbons (Fsp3) is 0.136. The lowest BCUT2D eigenvalue weighted by molar-refractivity contribution is -0.384. The van der Waals surface area contributed by atoms with Crippen LogP contribution >= 0.6 is 0 Å². The number of para-hydroxylation sites is 2. The Hall–Kier alpha value is -4.19. The first-order chi connectivity index (χ1) is 16.2. The summed E-state index contributed by atoms with van der Waals surface area (Å²) in [6.45, 7) is 1.51. The Morgan fingerprint density at radius 1 is 1.03 bits per heavy atom. The van der Waals surface area contributed by atoms with E-state index in [1.54, 1.807) is 24.3 Å². The Labute approximate surface area is 195 Å². The number of rotatable bonds is 9. The van der Waals surface area contributed by atoms with Crippen molar-refractivity contribution in [1.29, 1.82) is 0 Å². The van der Waals surface area contributed by atoms with Crippen molar-refractivity contribution in [3.63, 3.8) is 0 Å². The third kappa shape index (κ3) is 5.41. The van der Waals surface area contributed by atoms with Gasteiger partial charge in [0.1, 0.15) is 23.0 Å². The molecule has 0 radical (unpaired) electrons. The number of hydrogen-bond donors (Lipinski definition) is 2. The predicted octanol–water partition coefficient (Wildman–Crippen LogP) is 4.39. The van der Waals surface area contributed by atoms with Crippen molar-refractivity contribution in [1.82, 2.24) is 0 Å². The first-order valence-corrected chi connectivity index (χ1v) is 11.2. The van der Waals surface area contributed by atoms with Crippen LogP contribution < -0.4 is 19.6 Å². The van der Waals surface area contributed by atoms with Crippen LogP contribution in [-0.2, 0) is 10.0 Å². The molecule has 12 heteroatoms. The second kappa shape index (κ2) is 10.2. The van der Waals surface area contributed by atoms with Gasteiger partial charge in [0.05, 0.1) is 35.4 Å². The molecule has 0 aliphatic heterocycles. The molecule has 10 nitrogen and oxygen atoms in total. The van der Waals surface area contributed by atoms with Gasteiger partial charge in [-0.2, -0.15) is 5.10 Å². The van der Waals surface area contributed by atoms with Gasteiger partial charge < -0.3 is 9.47 Å². The molecule has 34 heavy (non-hydrogen) atoms. The molecule has 0 unspecified atom stereocenters. The Morgan fingerprint density at radius 2 is 1.76 bits per heavy atom. The zero-order valence-electron chi connectivity index (χ0n) is 18.4. The molecular formula is C22H21FN4O6S. The molecule has 3 aromatic rings. The average molecular weight is 488 g/mol. The molecule has 0 aromatic heterocycles. The quantitative estimate of drug-likeness (QED) is 0.259. The maximum absolute atomic E-state index is 14.3. The minimum Gasteiger partial charge on any atom is -0.497 e. The molecule has 0 aliphatic rings. The molecule has 0 spiro atoms. The van der Waals surface area contributed by atoms with E-state index in [9.17, 15) is 22.9 Å². The second-order valence-corrected chi connectivity index (χ2v) is 8.58. The summed E-state index contributed by atoms with van der Waals surface area (Å²) in [7, 11) is -1.37. The van der Waals surface area contributed by atoms with Gasteiger partial charge in [-0.3, -0.25) is 20.3 Å². The van der Waals surface area contributed by atoms with Crippen LogP contribution in [0.15, 0.2) is 70.7 Å². The van der Waals surface area contributed by atoms with Gasteiger partial charge >= 0.3 is 0 Å². The molecule has 0 saturated heterocycles. The van der Waals surface area contributed by atoms with Crippen LogP contribution in [0.4, 0.5) is 21.5 Å². The second-order valence-electron chi connectivity index (χ2n) is 6.90. The summed E-state index contributed by atoms with van der Waals surface area (Å²) >= 11 is 0. The average Bonchev–Trinajstić information content (AvgIpc) is 2.82. The summed E-state index contributed by atoms with van der Waals surface area (Å²) in [6, 6.07) is 13.8. The van der Waals surface area contributed by atoms with E-state index in [4.69, 9.17) is 9.47 Å². The number of ether oxygens (including phenoxy) is 2. The number of sulfonamides is 1. The smallest absolute Gasteiger partial charge is 0.295 e. The fourth-order valence-electron chi connectivity index (χ4n) is 2.98. The fourth-order valence-corrected chi connectivity index (χ4v) is 4.07. The Morgan fingerprint density at radius 3 is 2.41 bits per heavy atom. The molecule has 0 bridgehead atoms. The monoisotopic (exact) mass is 488 g/mol. The predicted molar refractivity (Wildman–Crippen MR) is 126 cm³/mol. The highest BCUT2D eigenvalue weighted by molar-refractivity contribution is 7.92. The van der Waals surface area contributed by atoms with E-state index < -0.39 is 26.5 Å². The van der Waals surface area contributed by atoms with Gasteiger partial charge in [-0.25, -0.2) is 12.8 Å². The number of nitrogens with zero attached hydrogens (tertiary/aromatic N) is 2. The number of halogens is 1. The van der Waals surface area contributed by atoms with E-state index in [0.717, 1.165) is 6.07 Å².